The summed E-state index contributed by atoms with van der Waals surface area (Å²) >= 11 is 0. The molecule has 1 aromatic carbocycles. The molecule has 0 saturated carbocycles. The molecule has 23 heavy (non-hydrogen) atoms. The molecule has 0 aromatic heterocycles. The second kappa shape index (κ2) is 8.67. The molecule has 5 nitrogen and oxygen atoms in total. The molecule has 2 unspecified atom stereocenters. The van der Waals surface area contributed by atoms with Gasteiger partial charge in [0.1, 0.15) is 6.04 Å². The zero-order valence-electron chi connectivity index (χ0n) is 13.7. The van der Waals surface area contributed by atoms with Crippen molar-refractivity contribution in [3.8, 4) is 0 Å². The van der Waals surface area contributed by atoms with Crippen LogP contribution in [0.1, 0.15) is 50.7 Å². The minimum absolute atomic E-state index is 0.0643. The summed E-state index contributed by atoms with van der Waals surface area (Å²) in [6.45, 7) is 3.04. The largest absolute Gasteiger partial charge is 0.388 e. The minimum Gasteiger partial charge on any atom is -0.388 e. The number of nitrogens with zero attached hydrogens (tertiary/aromatic N) is 1. The third-order valence-electron chi connectivity index (χ3n) is 4.24. The van der Waals surface area contributed by atoms with Crippen LogP contribution in [0.25, 0.3) is 0 Å². The summed E-state index contributed by atoms with van der Waals surface area (Å²) in [4.78, 5) is 26.0. The van der Waals surface area contributed by atoms with E-state index in [2.05, 4.69) is 5.32 Å². The SMILES string of the molecule is CCCC(=O)N1CCCC1C(=O)NCCC(O)c1ccccc1. The van der Waals surface area contributed by atoms with Crippen LogP contribution in [0.2, 0.25) is 0 Å². The van der Waals surface area contributed by atoms with Crippen molar-refractivity contribution in [3.63, 3.8) is 0 Å². The van der Waals surface area contributed by atoms with Gasteiger partial charge in [0.25, 0.3) is 0 Å². The normalized spacial score (nSPS) is 18.7. The standard InChI is InChI=1S/C18H26N2O3/c1-2-7-17(22)20-13-6-10-15(20)18(23)19-12-11-16(21)14-8-4-3-5-9-14/h3-5,8-9,15-16,21H,2,6-7,10-13H2,1H3,(H,19,23). The number of aliphatic hydroxyl groups is 1. The summed E-state index contributed by atoms with van der Waals surface area (Å²) in [6, 6.07) is 9.06. The van der Waals surface area contributed by atoms with Crippen LogP contribution in [-0.4, -0.2) is 41.0 Å². The van der Waals surface area contributed by atoms with E-state index in [0.717, 1.165) is 24.8 Å². The first kappa shape index (κ1) is 17.5. The Morgan fingerprint density at radius 1 is 1.35 bits per heavy atom. The average Bonchev–Trinajstić information content (AvgIpc) is 3.05. The van der Waals surface area contributed by atoms with Crippen LogP contribution < -0.4 is 5.32 Å². The Morgan fingerprint density at radius 2 is 2.09 bits per heavy atom. The lowest BCUT2D eigenvalue weighted by Gasteiger charge is -2.24. The number of benzene rings is 1. The summed E-state index contributed by atoms with van der Waals surface area (Å²) in [7, 11) is 0. The Bertz CT molecular complexity index is 518. The molecular weight excluding hydrogens is 292 g/mol. The molecule has 0 spiro atoms. The predicted molar refractivity (Wildman–Crippen MR) is 88.7 cm³/mol. The van der Waals surface area contributed by atoms with E-state index >= 15 is 0 Å². The molecule has 2 N–H and O–H groups in total. The van der Waals surface area contributed by atoms with Gasteiger partial charge in [0.05, 0.1) is 6.10 Å². The number of carbonyl (C=O) groups is 2. The first-order valence-electron chi connectivity index (χ1n) is 8.43. The van der Waals surface area contributed by atoms with Crippen LogP contribution in [0.4, 0.5) is 0 Å². The Kier molecular flexibility index (Phi) is 6.59. The Morgan fingerprint density at radius 3 is 2.78 bits per heavy atom. The van der Waals surface area contributed by atoms with E-state index in [9.17, 15) is 14.7 Å². The van der Waals surface area contributed by atoms with Crippen LogP contribution in [0, 0.1) is 0 Å². The molecule has 5 heteroatoms. The summed E-state index contributed by atoms with van der Waals surface area (Å²) in [5, 5.41) is 13.0. The van der Waals surface area contributed by atoms with E-state index in [4.69, 9.17) is 0 Å². The van der Waals surface area contributed by atoms with Crippen LogP contribution in [0.15, 0.2) is 30.3 Å². The second-order valence-corrected chi connectivity index (χ2v) is 6.00. The Balaban J connectivity index is 1.79. The number of hydrogen-bond donors (Lipinski definition) is 2. The lowest BCUT2D eigenvalue weighted by atomic mass is 10.1. The average molecular weight is 318 g/mol. The zero-order chi connectivity index (χ0) is 16.7. The van der Waals surface area contributed by atoms with Crippen LogP contribution in [0.3, 0.4) is 0 Å². The molecule has 0 aliphatic carbocycles. The molecule has 1 fully saturated rings. The highest BCUT2D eigenvalue weighted by atomic mass is 16.3. The van der Waals surface area contributed by atoms with Gasteiger partial charge in [-0.25, -0.2) is 0 Å². The first-order valence-corrected chi connectivity index (χ1v) is 8.43. The maximum Gasteiger partial charge on any atom is 0.242 e. The molecule has 126 valence electrons. The molecule has 2 atom stereocenters. The maximum absolute atomic E-state index is 12.3. The highest BCUT2D eigenvalue weighted by molar-refractivity contribution is 5.88. The zero-order valence-corrected chi connectivity index (χ0v) is 13.7. The van der Waals surface area contributed by atoms with Crippen molar-refractivity contribution in [2.45, 2.75) is 51.2 Å². The van der Waals surface area contributed by atoms with E-state index in [0.29, 0.717) is 25.9 Å². The van der Waals surface area contributed by atoms with Gasteiger partial charge < -0.3 is 15.3 Å². The first-order chi connectivity index (χ1) is 11.1. The van der Waals surface area contributed by atoms with E-state index in [1.54, 1.807) is 4.90 Å². The Labute approximate surface area is 137 Å². The third kappa shape index (κ3) is 4.79. The van der Waals surface area contributed by atoms with Gasteiger partial charge in [-0.15, -0.1) is 0 Å². The van der Waals surface area contributed by atoms with Gasteiger partial charge in [-0.1, -0.05) is 37.3 Å². The fraction of sp³-hybridized carbons (Fsp3) is 0.556. The van der Waals surface area contributed by atoms with Crippen molar-refractivity contribution in [2.75, 3.05) is 13.1 Å². The maximum atomic E-state index is 12.3. The number of nitrogens with one attached hydrogen (secondary N) is 1. The molecule has 1 heterocycles. The molecule has 0 bridgehead atoms. The van der Waals surface area contributed by atoms with Gasteiger partial charge in [0, 0.05) is 19.5 Å². The molecule has 1 aliphatic heterocycles. The van der Waals surface area contributed by atoms with Gasteiger partial charge in [-0.3, -0.25) is 9.59 Å². The number of carbonyl (C=O) groups excluding carboxylic acids is 2. The topological polar surface area (TPSA) is 69.6 Å². The van der Waals surface area contributed by atoms with Crippen molar-refractivity contribution in [1.29, 1.82) is 0 Å². The number of aliphatic hydroxyl groups excluding tert-OH is 1. The lowest BCUT2D eigenvalue weighted by molar-refractivity contribution is -0.138. The molecular formula is C18H26N2O3. The van der Waals surface area contributed by atoms with E-state index < -0.39 is 6.10 Å². The monoisotopic (exact) mass is 318 g/mol. The number of amides is 2. The van der Waals surface area contributed by atoms with Gasteiger partial charge >= 0.3 is 0 Å². The van der Waals surface area contributed by atoms with Crippen LogP contribution in [-0.2, 0) is 9.59 Å². The van der Waals surface area contributed by atoms with Gasteiger partial charge in [-0.05, 0) is 31.2 Å². The summed E-state index contributed by atoms with van der Waals surface area (Å²) in [5.41, 5.74) is 0.849. The van der Waals surface area contributed by atoms with E-state index in [1.807, 2.05) is 37.3 Å². The van der Waals surface area contributed by atoms with Crippen molar-refractivity contribution in [2.24, 2.45) is 0 Å². The van der Waals surface area contributed by atoms with Crippen LogP contribution >= 0.6 is 0 Å². The van der Waals surface area contributed by atoms with Gasteiger partial charge in [0.2, 0.25) is 11.8 Å². The quantitative estimate of drug-likeness (QED) is 0.808. The van der Waals surface area contributed by atoms with E-state index in [1.165, 1.54) is 0 Å². The van der Waals surface area contributed by atoms with Crippen molar-refractivity contribution < 1.29 is 14.7 Å². The number of hydrogen-bond acceptors (Lipinski definition) is 3. The smallest absolute Gasteiger partial charge is 0.242 e. The fourth-order valence-corrected chi connectivity index (χ4v) is 2.99. The van der Waals surface area contributed by atoms with Crippen molar-refractivity contribution in [1.82, 2.24) is 10.2 Å². The van der Waals surface area contributed by atoms with E-state index in [-0.39, 0.29) is 17.9 Å². The highest BCUT2D eigenvalue weighted by Gasteiger charge is 2.33. The second-order valence-electron chi connectivity index (χ2n) is 6.00. The summed E-state index contributed by atoms with van der Waals surface area (Å²) in [5.74, 6) is -0.0401. The lowest BCUT2D eigenvalue weighted by Crippen LogP contribution is -2.46. The molecule has 0 radical (unpaired) electrons. The molecule has 1 saturated heterocycles. The minimum atomic E-state index is -0.585. The van der Waals surface area contributed by atoms with Gasteiger partial charge in [0.15, 0.2) is 0 Å². The van der Waals surface area contributed by atoms with Crippen molar-refractivity contribution >= 4 is 11.8 Å². The third-order valence-corrected chi connectivity index (χ3v) is 4.24. The summed E-state index contributed by atoms with van der Waals surface area (Å²) in [6.07, 6.45) is 2.77. The summed E-state index contributed by atoms with van der Waals surface area (Å²) < 4.78 is 0. The van der Waals surface area contributed by atoms with Crippen molar-refractivity contribution in [3.05, 3.63) is 35.9 Å². The predicted octanol–water partition coefficient (Wildman–Crippen LogP) is 2.02. The highest BCUT2D eigenvalue weighted by Crippen LogP contribution is 2.19. The molecule has 1 aromatic rings. The Hall–Kier alpha value is -1.88. The molecule has 1 aliphatic rings. The molecule has 2 amide bonds. The number of rotatable bonds is 7. The van der Waals surface area contributed by atoms with Crippen LogP contribution in [0.5, 0.6) is 0 Å². The number of likely N-dealkylation sites (tertiary alicyclic amines) is 1. The molecule has 2 rings (SSSR count). The van der Waals surface area contributed by atoms with Gasteiger partial charge in [-0.2, -0.15) is 0 Å². The fourth-order valence-electron chi connectivity index (χ4n) is 2.99.